The lowest BCUT2D eigenvalue weighted by atomic mass is 10.1. The van der Waals surface area contributed by atoms with Crippen LogP contribution in [0.3, 0.4) is 0 Å². The van der Waals surface area contributed by atoms with E-state index in [1.807, 2.05) is 0 Å². The Morgan fingerprint density at radius 2 is 1.94 bits per heavy atom. The van der Waals surface area contributed by atoms with Crippen molar-refractivity contribution in [2.75, 3.05) is 0 Å². The highest BCUT2D eigenvalue weighted by atomic mass is 79.9. The molecule has 16 heavy (non-hydrogen) atoms. The molecule has 1 aromatic carbocycles. The minimum Gasteiger partial charge on any atom is -0.261 e. The number of aromatic nitrogens is 2. The molecule has 5 heteroatoms. The Labute approximate surface area is 99.5 Å². The molecule has 0 spiro atoms. The van der Waals surface area contributed by atoms with Gasteiger partial charge in [-0.1, -0.05) is 0 Å². The van der Waals surface area contributed by atoms with Crippen LogP contribution in [0.5, 0.6) is 0 Å². The molecular weight excluding hydrogens is 278 g/mol. The molecule has 0 aliphatic carbocycles. The summed E-state index contributed by atoms with van der Waals surface area (Å²) in [4.78, 5) is 7.87. The standard InChI is InChI=1S/C11H7BrF2N2/c12-9-5-10(13)7(4-11(9)14)3-8-6-15-1-2-16-8/h1-2,4-6H,3H2. The fourth-order valence-corrected chi connectivity index (χ4v) is 1.63. The number of benzene rings is 1. The van der Waals surface area contributed by atoms with E-state index >= 15 is 0 Å². The van der Waals surface area contributed by atoms with E-state index in [9.17, 15) is 8.78 Å². The predicted molar refractivity (Wildman–Crippen MR) is 58.9 cm³/mol. The van der Waals surface area contributed by atoms with Gasteiger partial charge >= 0.3 is 0 Å². The Hall–Kier alpha value is -1.36. The normalized spacial score (nSPS) is 10.4. The smallest absolute Gasteiger partial charge is 0.137 e. The molecule has 0 bridgehead atoms. The van der Waals surface area contributed by atoms with Crippen molar-refractivity contribution in [3.05, 3.63) is 58.1 Å². The van der Waals surface area contributed by atoms with Crippen LogP contribution in [0, 0.1) is 11.6 Å². The average Bonchev–Trinajstić information content (AvgIpc) is 2.27. The first kappa shape index (κ1) is 11.1. The van der Waals surface area contributed by atoms with Gasteiger partial charge in [0.05, 0.1) is 10.2 Å². The van der Waals surface area contributed by atoms with Gasteiger partial charge in [-0.05, 0) is 33.6 Å². The van der Waals surface area contributed by atoms with E-state index in [2.05, 4.69) is 25.9 Å². The van der Waals surface area contributed by atoms with Crippen LogP contribution in [0.15, 0.2) is 35.2 Å². The Morgan fingerprint density at radius 3 is 2.62 bits per heavy atom. The molecular formula is C11H7BrF2N2. The second-order valence-corrected chi connectivity index (χ2v) is 4.09. The Morgan fingerprint density at radius 1 is 1.12 bits per heavy atom. The van der Waals surface area contributed by atoms with Gasteiger partial charge in [0.25, 0.3) is 0 Å². The SMILES string of the molecule is Fc1cc(Cc2cnccn2)c(F)cc1Br. The number of rotatable bonds is 2. The second kappa shape index (κ2) is 4.65. The first-order valence-corrected chi connectivity index (χ1v) is 5.34. The van der Waals surface area contributed by atoms with E-state index in [1.54, 1.807) is 0 Å². The summed E-state index contributed by atoms with van der Waals surface area (Å²) in [6, 6.07) is 2.27. The van der Waals surface area contributed by atoms with E-state index in [0.29, 0.717) is 5.69 Å². The maximum Gasteiger partial charge on any atom is 0.137 e. The van der Waals surface area contributed by atoms with Crippen LogP contribution < -0.4 is 0 Å². The molecule has 82 valence electrons. The van der Waals surface area contributed by atoms with Crippen molar-refractivity contribution in [3.63, 3.8) is 0 Å². The molecule has 0 unspecified atom stereocenters. The molecule has 0 radical (unpaired) electrons. The maximum absolute atomic E-state index is 13.5. The van der Waals surface area contributed by atoms with E-state index in [4.69, 9.17) is 0 Å². The summed E-state index contributed by atoms with van der Waals surface area (Å²) in [5.41, 5.74) is 0.865. The summed E-state index contributed by atoms with van der Waals surface area (Å²) in [5.74, 6) is -0.945. The first-order chi connectivity index (χ1) is 7.66. The van der Waals surface area contributed by atoms with Crippen LogP contribution in [0.2, 0.25) is 0 Å². The van der Waals surface area contributed by atoms with Crippen molar-refractivity contribution in [2.24, 2.45) is 0 Å². The molecule has 2 aromatic rings. The van der Waals surface area contributed by atoms with Gasteiger partial charge in [0.1, 0.15) is 11.6 Å². The largest absolute Gasteiger partial charge is 0.261 e. The lowest BCUT2D eigenvalue weighted by Crippen LogP contribution is -1.97. The summed E-state index contributed by atoms with van der Waals surface area (Å²) in [7, 11) is 0. The second-order valence-electron chi connectivity index (χ2n) is 3.23. The highest BCUT2D eigenvalue weighted by molar-refractivity contribution is 9.10. The van der Waals surface area contributed by atoms with Gasteiger partial charge in [-0.3, -0.25) is 9.97 Å². The lowest BCUT2D eigenvalue weighted by Gasteiger charge is -2.04. The van der Waals surface area contributed by atoms with Crippen molar-refractivity contribution >= 4 is 15.9 Å². The fourth-order valence-electron chi connectivity index (χ4n) is 1.32. The van der Waals surface area contributed by atoms with Gasteiger partial charge in [-0.2, -0.15) is 0 Å². The van der Waals surface area contributed by atoms with Gasteiger partial charge in [-0.25, -0.2) is 8.78 Å². The monoisotopic (exact) mass is 284 g/mol. The topological polar surface area (TPSA) is 25.8 Å². The van der Waals surface area contributed by atoms with E-state index in [-0.39, 0.29) is 16.5 Å². The number of nitrogens with zero attached hydrogens (tertiary/aromatic N) is 2. The first-order valence-electron chi connectivity index (χ1n) is 4.55. The van der Waals surface area contributed by atoms with Crippen molar-refractivity contribution in [3.8, 4) is 0 Å². The minimum absolute atomic E-state index is 0.118. The van der Waals surface area contributed by atoms with Crippen LogP contribution in [0.1, 0.15) is 11.3 Å². The average molecular weight is 285 g/mol. The van der Waals surface area contributed by atoms with Crippen LogP contribution >= 0.6 is 15.9 Å². The molecule has 0 saturated heterocycles. The molecule has 2 nitrogen and oxygen atoms in total. The molecule has 0 saturated carbocycles. The van der Waals surface area contributed by atoms with Gasteiger partial charge in [0.2, 0.25) is 0 Å². The van der Waals surface area contributed by atoms with E-state index in [0.717, 1.165) is 12.1 Å². The summed E-state index contributed by atoms with van der Waals surface area (Å²) in [6.07, 6.45) is 4.80. The van der Waals surface area contributed by atoms with E-state index < -0.39 is 11.6 Å². The Balaban J connectivity index is 2.32. The third-order valence-corrected chi connectivity index (χ3v) is 2.69. The molecule has 1 aromatic heterocycles. The molecule has 0 aliphatic heterocycles. The molecule has 0 aliphatic rings. The third-order valence-electron chi connectivity index (χ3n) is 2.08. The van der Waals surface area contributed by atoms with Gasteiger partial charge < -0.3 is 0 Å². The van der Waals surface area contributed by atoms with E-state index in [1.165, 1.54) is 18.6 Å². The van der Waals surface area contributed by atoms with Crippen LogP contribution in [-0.2, 0) is 6.42 Å². The molecule has 0 atom stereocenters. The molecule has 0 amide bonds. The van der Waals surface area contributed by atoms with Crippen LogP contribution in [-0.4, -0.2) is 9.97 Å². The van der Waals surface area contributed by atoms with Crippen molar-refractivity contribution in [1.82, 2.24) is 9.97 Å². The van der Waals surface area contributed by atoms with Crippen molar-refractivity contribution < 1.29 is 8.78 Å². The predicted octanol–water partition coefficient (Wildman–Crippen LogP) is 3.11. The lowest BCUT2D eigenvalue weighted by molar-refractivity contribution is 0.583. The van der Waals surface area contributed by atoms with Crippen LogP contribution in [0.25, 0.3) is 0 Å². The summed E-state index contributed by atoms with van der Waals surface area (Å²) >= 11 is 2.92. The summed E-state index contributed by atoms with van der Waals surface area (Å²) in [6.45, 7) is 0. The zero-order chi connectivity index (χ0) is 11.5. The zero-order valence-corrected chi connectivity index (χ0v) is 9.71. The Kier molecular flexibility index (Phi) is 3.24. The maximum atomic E-state index is 13.5. The number of halogens is 3. The highest BCUT2D eigenvalue weighted by Gasteiger charge is 2.09. The highest BCUT2D eigenvalue weighted by Crippen LogP contribution is 2.21. The fraction of sp³-hybridized carbons (Fsp3) is 0.0909. The third kappa shape index (κ3) is 2.41. The number of hydrogen-bond acceptors (Lipinski definition) is 2. The van der Waals surface area contributed by atoms with Gasteiger partial charge in [-0.15, -0.1) is 0 Å². The molecule has 0 fully saturated rings. The molecule has 2 rings (SSSR count). The minimum atomic E-state index is -0.486. The van der Waals surface area contributed by atoms with Crippen LogP contribution in [0.4, 0.5) is 8.78 Å². The van der Waals surface area contributed by atoms with Gasteiger partial charge in [0.15, 0.2) is 0 Å². The zero-order valence-electron chi connectivity index (χ0n) is 8.12. The van der Waals surface area contributed by atoms with Gasteiger partial charge in [0, 0.05) is 25.0 Å². The quantitative estimate of drug-likeness (QED) is 0.792. The summed E-state index contributed by atoms with van der Waals surface area (Å²) in [5, 5.41) is 0. The van der Waals surface area contributed by atoms with Crippen molar-refractivity contribution in [1.29, 1.82) is 0 Å². The molecule has 0 N–H and O–H groups in total. The van der Waals surface area contributed by atoms with Crippen molar-refractivity contribution in [2.45, 2.75) is 6.42 Å². The molecule has 1 heterocycles. The summed E-state index contributed by atoms with van der Waals surface area (Å²) < 4.78 is 26.8. The number of hydrogen-bond donors (Lipinski definition) is 0. The Bertz CT molecular complexity index is 503.